The van der Waals surface area contributed by atoms with E-state index in [-0.39, 0.29) is 6.61 Å². The molecule has 0 amide bonds. The SMILES string of the molecule is CC(=CC=CCC(C)(C)O)CO. The van der Waals surface area contributed by atoms with Crippen LogP contribution in [0.25, 0.3) is 0 Å². The molecule has 0 saturated carbocycles. The fourth-order valence-corrected chi connectivity index (χ4v) is 0.641. The minimum atomic E-state index is -0.641. The van der Waals surface area contributed by atoms with E-state index in [1.807, 2.05) is 25.2 Å². The molecule has 0 aromatic rings. The predicted molar refractivity (Wildman–Crippen MR) is 50.9 cm³/mol. The van der Waals surface area contributed by atoms with Crippen LogP contribution in [0.2, 0.25) is 0 Å². The summed E-state index contributed by atoms with van der Waals surface area (Å²) >= 11 is 0. The topological polar surface area (TPSA) is 40.5 Å². The van der Waals surface area contributed by atoms with Gasteiger partial charge >= 0.3 is 0 Å². The Kier molecular flexibility index (Phi) is 4.86. The molecule has 0 fully saturated rings. The van der Waals surface area contributed by atoms with E-state index in [9.17, 15) is 5.11 Å². The smallest absolute Gasteiger partial charge is 0.0642 e. The largest absolute Gasteiger partial charge is 0.392 e. The van der Waals surface area contributed by atoms with Crippen LogP contribution in [0.3, 0.4) is 0 Å². The minimum Gasteiger partial charge on any atom is -0.392 e. The van der Waals surface area contributed by atoms with Crippen molar-refractivity contribution in [2.45, 2.75) is 32.8 Å². The van der Waals surface area contributed by atoms with Crippen LogP contribution >= 0.6 is 0 Å². The van der Waals surface area contributed by atoms with Gasteiger partial charge in [0.1, 0.15) is 0 Å². The molecule has 0 spiro atoms. The molecule has 2 nitrogen and oxygen atoms in total. The average molecular weight is 170 g/mol. The Labute approximate surface area is 74.2 Å². The Balaban J connectivity index is 3.79. The van der Waals surface area contributed by atoms with E-state index in [0.717, 1.165) is 5.57 Å². The first-order valence-electron chi connectivity index (χ1n) is 4.11. The van der Waals surface area contributed by atoms with Crippen LogP contribution in [-0.4, -0.2) is 22.4 Å². The third-order valence-corrected chi connectivity index (χ3v) is 1.38. The maximum Gasteiger partial charge on any atom is 0.0642 e. The van der Waals surface area contributed by atoms with Gasteiger partial charge in [-0.3, -0.25) is 0 Å². The van der Waals surface area contributed by atoms with Crippen molar-refractivity contribution in [3.05, 3.63) is 23.8 Å². The van der Waals surface area contributed by atoms with Crippen molar-refractivity contribution in [2.24, 2.45) is 0 Å². The highest BCUT2D eigenvalue weighted by Gasteiger charge is 2.07. The summed E-state index contributed by atoms with van der Waals surface area (Å²) in [5.74, 6) is 0. The van der Waals surface area contributed by atoms with Crippen molar-refractivity contribution in [2.75, 3.05) is 6.61 Å². The summed E-state index contributed by atoms with van der Waals surface area (Å²) in [5, 5.41) is 18.0. The fraction of sp³-hybridized carbons (Fsp3) is 0.600. The van der Waals surface area contributed by atoms with Crippen molar-refractivity contribution < 1.29 is 10.2 Å². The zero-order valence-electron chi connectivity index (χ0n) is 8.04. The molecule has 2 heteroatoms. The summed E-state index contributed by atoms with van der Waals surface area (Å²) in [6.45, 7) is 5.47. The first-order valence-corrected chi connectivity index (χ1v) is 4.11. The first kappa shape index (κ1) is 11.4. The van der Waals surface area contributed by atoms with Gasteiger partial charge < -0.3 is 10.2 Å². The molecule has 0 radical (unpaired) electrons. The summed E-state index contributed by atoms with van der Waals surface area (Å²) < 4.78 is 0. The van der Waals surface area contributed by atoms with Crippen molar-refractivity contribution in [3.63, 3.8) is 0 Å². The van der Waals surface area contributed by atoms with Crippen molar-refractivity contribution in [1.29, 1.82) is 0 Å². The number of allylic oxidation sites excluding steroid dienone is 2. The fourth-order valence-electron chi connectivity index (χ4n) is 0.641. The Bertz CT molecular complexity index is 173. The molecule has 0 atom stereocenters. The lowest BCUT2D eigenvalue weighted by molar-refractivity contribution is 0.0839. The third kappa shape index (κ3) is 7.51. The molecule has 0 saturated heterocycles. The second-order valence-electron chi connectivity index (χ2n) is 3.62. The molecule has 0 aromatic heterocycles. The first-order chi connectivity index (χ1) is 5.45. The molecular weight excluding hydrogens is 152 g/mol. The number of aliphatic hydroxyl groups is 2. The number of aliphatic hydroxyl groups excluding tert-OH is 1. The molecule has 0 aliphatic heterocycles. The van der Waals surface area contributed by atoms with Gasteiger partial charge in [0, 0.05) is 0 Å². The average Bonchev–Trinajstić information content (AvgIpc) is 1.96. The van der Waals surface area contributed by atoms with Crippen LogP contribution < -0.4 is 0 Å². The van der Waals surface area contributed by atoms with Crippen molar-refractivity contribution in [1.82, 2.24) is 0 Å². The molecule has 0 bridgehead atoms. The zero-order valence-corrected chi connectivity index (χ0v) is 8.04. The molecule has 70 valence electrons. The second kappa shape index (κ2) is 5.12. The van der Waals surface area contributed by atoms with Crippen molar-refractivity contribution in [3.8, 4) is 0 Å². The van der Waals surface area contributed by atoms with E-state index in [1.165, 1.54) is 0 Å². The van der Waals surface area contributed by atoms with Crippen LogP contribution in [0.1, 0.15) is 27.2 Å². The maximum absolute atomic E-state index is 9.32. The molecule has 0 unspecified atom stereocenters. The van der Waals surface area contributed by atoms with E-state index in [4.69, 9.17) is 5.11 Å². The van der Waals surface area contributed by atoms with E-state index in [1.54, 1.807) is 13.8 Å². The maximum atomic E-state index is 9.32. The second-order valence-corrected chi connectivity index (χ2v) is 3.62. The van der Waals surface area contributed by atoms with Gasteiger partial charge in [-0.2, -0.15) is 0 Å². The summed E-state index contributed by atoms with van der Waals surface area (Å²) in [4.78, 5) is 0. The van der Waals surface area contributed by atoms with Gasteiger partial charge in [0.25, 0.3) is 0 Å². The lowest BCUT2D eigenvalue weighted by Crippen LogP contribution is -2.16. The monoisotopic (exact) mass is 170 g/mol. The van der Waals surface area contributed by atoms with Gasteiger partial charge in [0.05, 0.1) is 12.2 Å². The quantitative estimate of drug-likeness (QED) is 0.630. The van der Waals surface area contributed by atoms with Crippen LogP contribution in [0, 0.1) is 0 Å². The summed E-state index contributed by atoms with van der Waals surface area (Å²) in [6, 6.07) is 0. The summed E-state index contributed by atoms with van der Waals surface area (Å²) in [6.07, 6.45) is 6.20. The molecule has 0 aliphatic rings. The van der Waals surface area contributed by atoms with Gasteiger partial charge in [-0.25, -0.2) is 0 Å². The highest BCUT2D eigenvalue weighted by Crippen LogP contribution is 2.07. The molecule has 12 heavy (non-hydrogen) atoms. The van der Waals surface area contributed by atoms with E-state index < -0.39 is 5.60 Å². The van der Waals surface area contributed by atoms with E-state index in [0.29, 0.717) is 6.42 Å². The van der Waals surface area contributed by atoms with E-state index >= 15 is 0 Å². The van der Waals surface area contributed by atoms with E-state index in [2.05, 4.69) is 0 Å². The zero-order chi connectivity index (χ0) is 9.61. The highest BCUT2D eigenvalue weighted by molar-refractivity contribution is 5.10. The minimum absolute atomic E-state index is 0.0901. The number of hydrogen-bond donors (Lipinski definition) is 2. The van der Waals surface area contributed by atoms with Crippen LogP contribution in [-0.2, 0) is 0 Å². The third-order valence-electron chi connectivity index (χ3n) is 1.38. The van der Waals surface area contributed by atoms with Crippen LogP contribution in [0.15, 0.2) is 23.8 Å². The van der Waals surface area contributed by atoms with Gasteiger partial charge in [-0.1, -0.05) is 18.2 Å². The molecule has 2 N–H and O–H groups in total. The lowest BCUT2D eigenvalue weighted by atomic mass is 10.1. The molecule has 0 aliphatic carbocycles. The molecule has 0 aromatic carbocycles. The summed E-state index contributed by atoms with van der Waals surface area (Å²) in [5.41, 5.74) is 0.277. The highest BCUT2D eigenvalue weighted by atomic mass is 16.3. The van der Waals surface area contributed by atoms with Crippen LogP contribution in [0.4, 0.5) is 0 Å². The molecular formula is C10H18O2. The van der Waals surface area contributed by atoms with Gasteiger partial charge in [-0.05, 0) is 32.8 Å². The number of rotatable bonds is 4. The predicted octanol–water partition coefficient (Wildman–Crippen LogP) is 1.64. The van der Waals surface area contributed by atoms with Gasteiger partial charge in [0.2, 0.25) is 0 Å². The van der Waals surface area contributed by atoms with Gasteiger partial charge in [-0.15, -0.1) is 0 Å². The summed E-state index contributed by atoms with van der Waals surface area (Å²) in [7, 11) is 0. The van der Waals surface area contributed by atoms with Crippen LogP contribution in [0.5, 0.6) is 0 Å². The van der Waals surface area contributed by atoms with Gasteiger partial charge in [0.15, 0.2) is 0 Å². The Morgan fingerprint density at radius 2 is 2.00 bits per heavy atom. The van der Waals surface area contributed by atoms with Crippen molar-refractivity contribution >= 4 is 0 Å². The Hall–Kier alpha value is -0.600. The number of hydrogen-bond acceptors (Lipinski definition) is 2. The lowest BCUT2D eigenvalue weighted by Gasteiger charge is -2.12. The normalized spacial score (nSPS) is 14.2. The Morgan fingerprint density at radius 1 is 1.42 bits per heavy atom. The standard InChI is InChI=1S/C10H18O2/c1-9(8-11)6-4-5-7-10(2,3)12/h4-6,11-12H,7-8H2,1-3H3. The molecule has 0 heterocycles. The molecule has 0 rings (SSSR count). The Morgan fingerprint density at radius 3 is 2.42 bits per heavy atom.